The molecule has 0 saturated carbocycles. The zero-order valence-corrected chi connectivity index (χ0v) is 19.2. The van der Waals surface area contributed by atoms with Crippen molar-refractivity contribution in [2.45, 2.75) is 30.2 Å². The number of thioether (sulfide) groups is 1. The van der Waals surface area contributed by atoms with Gasteiger partial charge in [0.15, 0.2) is 11.0 Å². The van der Waals surface area contributed by atoms with Gasteiger partial charge in [-0.1, -0.05) is 41.6 Å². The Morgan fingerprint density at radius 2 is 1.84 bits per heavy atom. The summed E-state index contributed by atoms with van der Waals surface area (Å²) < 4.78 is 1.94. The van der Waals surface area contributed by atoms with Crippen LogP contribution in [0.2, 0.25) is 5.02 Å². The van der Waals surface area contributed by atoms with Gasteiger partial charge in [0.2, 0.25) is 11.8 Å². The number of benzene rings is 2. The molecule has 2 atom stereocenters. The largest absolute Gasteiger partial charge is 0.369 e. The first-order chi connectivity index (χ1) is 15.4. The van der Waals surface area contributed by atoms with E-state index in [9.17, 15) is 9.59 Å². The second-order valence-corrected chi connectivity index (χ2v) is 9.51. The average molecular weight is 470 g/mol. The fourth-order valence-corrected chi connectivity index (χ4v) is 4.89. The Hall–Kier alpha value is -2.84. The summed E-state index contributed by atoms with van der Waals surface area (Å²) in [4.78, 5) is 26.4. The summed E-state index contributed by atoms with van der Waals surface area (Å²) in [6.07, 6.45) is 1.51. The fraction of sp³-hybridized carbons (Fsp3) is 0.304. The molecule has 1 saturated heterocycles. The van der Waals surface area contributed by atoms with Crippen LogP contribution in [0.25, 0.3) is 17.1 Å². The molecule has 0 radical (unpaired) electrons. The van der Waals surface area contributed by atoms with Gasteiger partial charge in [-0.3, -0.25) is 14.2 Å². The number of para-hydroxylation sites is 1. The Morgan fingerprint density at radius 3 is 2.53 bits per heavy atom. The van der Waals surface area contributed by atoms with Crippen LogP contribution in [-0.4, -0.2) is 49.8 Å². The van der Waals surface area contributed by atoms with Gasteiger partial charge in [-0.2, -0.15) is 0 Å². The molecule has 0 bridgehead atoms. The summed E-state index contributed by atoms with van der Waals surface area (Å²) in [6.45, 7) is 2.86. The maximum atomic E-state index is 13.1. The molecule has 7 nitrogen and oxygen atoms in total. The summed E-state index contributed by atoms with van der Waals surface area (Å²) in [6, 6.07) is 17.2. The number of nitrogens with zero attached hydrogens (tertiary/aromatic N) is 4. The van der Waals surface area contributed by atoms with Crippen molar-refractivity contribution in [1.82, 2.24) is 19.7 Å². The minimum atomic E-state index is -0.397. The van der Waals surface area contributed by atoms with Gasteiger partial charge in [-0.15, -0.1) is 10.2 Å². The number of aromatic nitrogens is 3. The summed E-state index contributed by atoms with van der Waals surface area (Å²) >= 11 is 7.40. The third-order valence-corrected chi connectivity index (χ3v) is 6.80. The molecule has 4 rings (SSSR count). The SMILES string of the molecule is CC(Sc1nnc(-c2ccc(Cl)cc2)n1-c1ccccc1)C(=O)N1CCCC(C(N)=O)C1. The zero-order valence-electron chi connectivity index (χ0n) is 17.6. The molecule has 1 aliphatic heterocycles. The van der Waals surface area contributed by atoms with Crippen molar-refractivity contribution in [3.63, 3.8) is 0 Å². The molecule has 32 heavy (non-hydrogen) atoms. The Kier molecular flexibility index (Phi) is 6.81. The monoisotopic (exact) mass is 469 g/mol. The maximum Gasteiger partial charge on any atom is 0.235 e. The third-order valence-electron chi connectivity index (χ3n) is 5.52. The highest BCUT2D eigenvalue weighted by molar-refractivity contribution is 8.00. The number of carbonyl (C=O) groups is 2. The van der Waals surface area contributed by atoms with Crippen LogP contribution >= 0.6 is 23.4 Å². The van der Waals surface area contributed by atoms with Crippen molar-refractivity contribution < 1.29 is 9.59 Å². The van der Waals surface area contributed by atoms with Crippen LogP contribution in [0.1, 0.15) is 19.8 Å². The van der Waals surface area contributed by atoms with E-state index in [1.165, 1.54) is 11.8 Å². The number of hydrogen-bond donors (Lipinski definition) is 1. The number of carbonyl (C=O) groups excluding carboxylic acids is 2. The quantitative estimate of drug-likeness (QED) is 0.554. The predicted molar refractivity (Wildman–Crippen MR) is 126 cm³/mol. The number of rotatable bonds is 6. The molecule has 9 heteroatoms. The van der Waals surface area contributed by atoms with Crippen molar-refractivity contribution in [2.24, 2.45) is 11.7 Å². The van der Waals surface area contributed by atoms with Gasteiger partial charge in [0.05, 0.1) is 11.2 Å². The highest BCUT2D eigenvalue weighted by Crippen LogP contribution is 2.31. The third kappa shape index (κ3) is 4.81. The molecular formula is C23H24ClN5O2S. The van der Waals surface area contributed by atoms with E-state index in [2.05, 4.69) is 10.2 Å². The fourth-order valence-electron chi connectivity index (χ4n) is 3.82. The number of likely N-dealkylation sites (tertiary alicyclic amines) is 1. The summed E-state index contributed by atoms with van der Waals surface area (Å²) in [5, 5.41) is 9.68. The molecular weight excluding hydrogens is 446 g/mol. The second-order valence-electron chi connectivity index (χ2n) is 7.77. The number of halogens is 1. The summed E-state index contributed by atoms with van der Waals surface area (Å²) in [5.41, 5.74) is 7.24. The minimum Gasteiger partial charge on any atom is -0.369 e. The lowest BCUT2D eigenvalue weighted by Crippen LogP contribution is -2.46. The topological polar surface area (TPSA) is 94.1 Å². The Bertz CT molecular complexity index is 1100. The van der Waals surface area contributed by atoms with Gasteiger partial charge in [-0.25, -0.2) is 0 Å². The molecule has 1 aliphatic rings. The van der Waals surface area contributed by atoms with Gasteiger partial charge < -0.3 is 10.6 Å². The molecule has 166 valence electrons. The van der Waals surface area contributed by atoms with Gasteiger partial charge in [0.25, 0.3) is 0 Å². The van der Waals surface area contributed by atoms with Crippen molar-refractivity contribution in [3.05, 3.63) is 59.6 Å². The average Bonchev–Trinajstić information content (AvgIpc) is 3.23. The molecule has 0 aliphatic carbocycles. The maximum absolute atomic E-state index is 13.1. The van der Waals surface area contributed by atoms with Gasteiger partial charge in [0, 0.05) is 29.4 Å². The van der Waals surface area contributed by atoms with Gasteiger partial charge in [0.1, 0.15) is 0 Å². The normalized spacial score (nSPS) is 17.2. The number of nitrogens with two attached hydrogens (primary N) is 1. The first-order valence-electron chi connectivity index (χ1n) is 10.5. The lowest BCUT2D eigenvalue weighted by Gasteiger charge is -2.32. The van der Waals surface area contributed by atoms with E-state index in [4.69, 9.17) is 17.3 Å². The number of piperidine rings is 1. The highest BCUT2D eigenvalue weighted by atomic mass is 35.5. The molecule has 1 aromatic heterocycles. The van der Waals surface area contributed by atoms with Crippen LogP contribution in [0, 0.1) is 5.92 Å². The molecule has 2 unspecified atom stereocenters. The highest BCUT2D eigenvalue weighted by Gasteiger charge is 2.31. The molecule has 0 spiro atoms. The van der Waals surface area contributed by atoms with E-state index in [0.717, 1.165) is 24.1 Å². The van der Waals surface area contributed by atoms with Crippen LogP contribution < -0.4 is 5.73 Å². The number of amides is 2. The first kappa shape index (κ1) is 22.4. The van der Waals surface area contributed by atoms with Gasteiger partial charge in [-0.05, 0) is 56.2 Å². The Morgan fingerprint density at radius 1 is 1.12 bits per heavy atom. The standard InChI is InChI=1S/C23H24ClN5O2S/c1-15(22(31)28-13-5-6-17(14-28)20(25)30)32-23-27-26-21(16-9-11-18(24)12-10-16)29(23)19-7-3-2-4-8-19/h2-4,7-12,15,17H,5-6,13-14H2,1H3,(H2,25,30). The van der Waals surface area contributed by atoms with E-state index in [1.54, 1.807) is 4.90 Å². The van der Waals surface area contributed by atoms with E-state index >= 15 is 0 Å². The predicted octanol–water partition coefficient (Wildman–Crippen LogP) is 3.79. The minimum absolute atomic E-state index is 0.0309. The van der Waals surface area contributed by atoms with Crippen LogP contribution in [0.4, 0.5) is 0 Å². The van der Waals surface area contributed by atoms with Crippen LogP contribution in [-0.2, 0) is 9.59 Å². The van der Waals surface area contributed by atoms with Crippen LogP contribution in [0.5, 0.6) is 0 Å². The lowest BCUT2D eigenvalue weighted by atomic mass is 9.97. The second kappa shape index (κ2) is 9.75. The number of primary amides is 1. The molecule has 1 fully saturated rings. The number of hydrogen-bond acceptors (Lipinski definition) is 5. The van der Waals surface area contributed by atoms with E-state index in [-0.39, 0.29) is 17.7 Å². The molecule has 2 heterocycles. The lowest BCUT2D eigenvalue weighted by molar-refractivity contribution is -0.134. The first-order valence-corrected chi connectivity index (χ1v) is 11.7. The van der Waals surface area contributed by atoms with Crippen LogP contribution in [0.3, 0.4) is 0 Å². The van der Waals surface area contributed by atoms with E-state index in [0.29, 0.717) is 29.1 Å². The Labute approximate surface area is 196 Å². The van der Waals surface area contributed by atoms with Gasteiger partial charge >= 0.3 is 0 Å². The van der Waals surface area contributed by atoms with Crippen molar-refractivity contribution in [3.8, 4) is 17.1 Å². The molecule has 2 N–H and O–H groups in total. The van der Waals surface area contributed by atoms with Crippen molar-refractivity contribution in [1.29, 1.82) is 0 Å². The molecule has 2 amide bonds. The zero-order chi connectivity index (χ0) is 22.7. The van der Waals surface area contributed by atoms with Crippen molar-refractivity contribution in [2.75, 3.05) is 13.1 Å². The van der Waals surface area contributed by atoms with Crippen molar-refractivity contribution >= 4 is 35.2 Å². The van der Waals surface area contributed by atoms with E-state index in [1.807, 2.05) is 66.1 Å². The smallest absolute Gasteiger partial charge is 0.235 e. The molecule has 2 aromatic carbocycles. The summed E-state index contributed by atoms with van der Waals surface area (Å²) in [5.74, 6) is 0.00648. The Balaban J connectivity index is 1.61. The van der Waals surface area contributed by atoms with E-state index < -0.39 is 5.25 Å². The van der Waals surface area contributed by atoms with Crippen LogP contribution in [0.15, 0.2) is 59.8 Å². The summed E-state index contributed by atoms with van der Waals surface area (Å²) in [7, 11) is 0. The molecule has 3 aromatic rings.